The number of ether oxygens (including phenoxy) is 1. The number of carbonyl (C=O) groups is 1. The average molecular weight is 392 g/mol. The molecule has 1 saturated heterocycles. The first-order valence-corrected chi connectivity index (χ1v) is 11.4. The van der Waals surface area contributed by atoms with E-state index in [2.05, 4.69) is 0 Å². The molecule has 1 amide bonds. The summed E-state index contributed by atoms with van der Waals surface area (Å²) in [7, 11) is -3.25. The quantitative estimate of drug-likeness (QED) is 0.790. The van der Waals surface area contributed by atoms with Gasteiger partial charge in [-0.3, -0.25) is 4.79 Å². The molecule has 3 heterocycles. The monoisotopic (exact) mass is 391 g/mol. The molecule has 0 unspecified atom stereocenters. The average Bonchev–Trinajstić information content (AvgIpc) is 3.12. The molecule has 1 aromatic carbocycles. The van der Waals surface area contributed by atoms with Crippen LogP contribution in [0.4, 0.5) is 0 Å². The third-order valence-electron chi connectivity index (χ3n) is 5.11. The van der Waals surface area contributed by atoms with Gasteiger partial charge in [0.25, 0.3) is 5.91 Å². The van der Waals surface area contributed by atoms with Crippen molar-refractivity contribution in [2.24, 2.45) is 0 Å². The first kappa shape index (κ1) is 17.5. The molecule has 2 aliphatic rings. The molecule has 4 rings (SSSR count). The summed E-state index contributed by atoms with van der Waals surface area (Å²) < 4.78 is 31.2. The summed E-state index contributed by atoms with van der Waals surface area (Å²) in [5.74, 6) is 0.669. The van der Waals surface area contributed by atoms with E-state index in [4.69, 9.17) is 4.74 Å². The van der Waals surface area contributed by atoms with Gasteiger partial charge in [0.05, 0.1) is 11.0 Å². The van der Waals surface area contributed by atoms with Crippen molar-refractivity contribution in [1.29, 1.82) is 0 Å². The largest absolute Gasteiger partial charge is 0.480 e. The second-order valence-corrected chi connectivity index (χ2v) is 10.0. The van der Waals surface area contributed by atoms with Gasteiger partial charge in [-0.1, -0.05) is 24.3 Å². The van der Waals surface area contributed by atoms with Gasteiger partial charge in [0.2, 0.25) is 0 Å². The fraction of sp³-hybridized carbons (Fsp3) is 0.421. The zero-order valence-corrected chi connectivity index (χ0v) is 16.0. The van der Waals surface area contributed by atoms with E-state index >= 15 is 0 Å². The number of rotatable bonds is 2. The molecule has 1 aromatic heterocycles. The van der Waals surface area contributed by atoms with Crippen LogP contribution in [0.5, 0.6) is 5.75 Å². The number of hydrogen-bond donors (Lipinski definition) is 0. The predicted molar refractivity (Wildman–Crippen MR) is 101 cm³/mol. The Morgan fingerprint density at radius 1 is 1.12 bits per heavy atom. The van der Waals surface area contributed by atoms with Gasteiger partial charge >= 0.3 is 0 Å². The number of fused-ring (bicyclic) bond motifs is 1. The third kappa shape index (κ3) is 3.38. The molecule has 0 spiro atoms. The normalized spacial score (nSPS) is 25.0. The van der Waals surface area contributed by atoms with Crippen LogP contribution in [0.15, 0.2) is 41.8 Å². The van der Waals surface area contributed by atoms with E-state index < -0.39 is 21.2 Å². The molecule has 0 N–H and O–H groups in total. The summed E-state index contributed by atoms with van der Waals surface area (Å²) in [6, 6.07) is 11.5. The minimum atomic E-state index is -3.25. The summed E-state index contributed by atoms with van der Waals surface area (Å²) in [5.41, 5.74) is 1.12. The van der Waals surface area contributed by atoms with Crippen LogP contribution in [-0.4, -0.2) is 44.2 Å². The van der Waals surface area contributed by atoms with Gasteiger partial charge in [-0.05, 0) is 42.3 Å². The minimum Gasteiger partial charge on any atom is -0.480 e. The van der Waals surface area contributed by atoms with E-state index in [1.807, 2.05) is 41.8 Å². The number of para-hydroxylation sites is 1. The molecule has 0 bridgehead atoms. The number of hydrogen-bond acceptors (Lipinski definition) is 5. The van der Waals surface area contributed by atoms with Crippen molar-refractivity contribution in [3.8, 4) is 5.75 Å². The molecule has 2 aromatic rings. The molecule has 2 aliphatic heterocycles. The van der Waals surface area contributed by atoms with E-state index in [9.17, 15) is 13.2 Å². The number of aryl methyl sites for hydroxylation is 1. The highest BCUT2D eigenvalue weighted by atomic mass is 32.2. The van der Waals surface area contributed by atoms with Crippen molar-refractivity contribution in [3.05, 3.63) is 52.2 Å². The summed E-state index contributed by atoms with van der Waals surface area (Å²) in [5, 5.41) is 1.39. The standard InChI is InChI=1S/C19H21NO4S2/c21-19(16-8-7-14-4-1-2-5-15(14)24-16)20-10-9-18(17-6-3-12-25-17)26(22,23)13-11-20/h1-6,12,16,18H,7-11,13H2/t16-,18-/m0/s1. The lowest BCUT2D eigenvalue weighted by molar-refractivity contribution is -0.139. The van der Waals surface area contributed by atoms with Crippen LogP contribution in [0, 0.1) is 0 Å². The van der Waals surface area contributed by atoms with Gasteiger partial charge in [-0.2, -0.15) is 0 Å². The van der Waals surface area contributed by atoms with E-state index in [0.717, 1.165) is 22.6 Å². The molecule has 0 aliphatic carbocycles. The SMILES string of the molecule is O=C([C@@H]1CCc2ccccc2O1)N1CC[C@@H](c2cccs2)S(=O)(=O)CC1. The van der Waals surface area contributed by atoms with Crippen LogP contribution in [0.1, 0.15) is 28.5 Å². The van der Waals surface area contributed by atoms with Crippen LogP contribution >= 0.6 is 11.3 Å². The molecule has 26 heavy (non-hydrogen) atoms. The van der Waals surface area contributed by atoms with E-state index in [1.54, 1.807) is 4.90 Å². The summed E-state index contributed by atoms with van der Waals surface area (Å²) in [6.07, 6.45) is 1.35. The van der Waals surface area contributed by atoms with E-state index in [1.165, 1.54) is 11.3 Å². The number of thiophene rings is 1. The highest BCUT2D eigenvalue weighted by Gasteiger charge is 2.36. The molecule has 0 saturated carbocycles. The zero-order valence-electron chi connectivity index (χ0n) is 14.3. The first-order chi connectivity index (χ1) is 12.5. The topological polar surface area (TPSA) is 63.7 Å². The van der Waals surface area contributed by atoms with Crippen molar-refractivity contribution in [1.82, 2.24) is 4.90 Å². The van der Waals surface area contributed by atoms with Gasteiger partial charge in [0.1, 0.15) is 5.75 Å². The maximum atomic E-state index is 12.9. The molecule has 2 atom stereocenters. The predicted octanol–water partition coefficient (Wildman–Crippen LogP) is 2.83. The summed E-state index contributed by atoms with van der Waals surface area (Å²) in [6.45, 7) is 0.687. The van der Waals surface area contributed by atoms with Crippen molar-refractivity contribution in [3.63, 3.8) is 0 Å². The van der Waals surface area contributed by atoms with Crippen molar-refractivity contribution in [2.45, 2.75) is 30.6 Å². The number of nitrogens with zero attached hydrogens (tertiary/aromatic N) is 1. The molecule has 7 heteroatoms. The number of sulfone groups is 1. The van der Waals surface area contributed by atoms with Crippen LogP contribution in [0.25, 0.3) is 0 Å². The molecular formula is C19H21NO4S2. The Labute approximate surface area is 157 Å². The van der Waals surface area contributed by atoms with Gasteiger partial charge in [0.15, 0.2) is 15.9 Å². The molecule has 138 valence electrons. The van der Waals surface area contributed by atoms with Gasteiger partial charge in [-0.25, -0.2) is 8.42 Å². The van der Waals surface area contributed by atoms with Crippen molar-refractivity contribution >= 4 is 27.1 Å². The first-order valence-electron chi connectivity index (χ1n) is 8.83. The lowest BCUT2D eigenvalue weighted by Gasteiger charge is -2.30. The highest BCUT2D eigenvalue weighted by molar-refractivity contribution is 7.91. The van der Waals surface area contributed by atoms with E-state index in [0.29, 0.717) is 19.4 Å². The molecule has 0 radical (unpaired) electrons. The Hall–Kier alpha value is -1.86. The van der Waals surface area contributed by atoms with Crippen molar-refractivity contribution < 1.29 is 17.9 Å². The Balaban J connectivity index is 1.48. The Morgan fingerprint density at radius 2 is 1.96 bits per heavy atom. The highest BCUT2D eigenvalue weighted by Crippen LogP contribution is 2.33. The number of amides is 1. The fourth-order valence-corrected chi connectivity index (χ4v) is 6.66. The maximum Gasteiger partial charge on any atom is 0.263 e. The van der Waals surface area contributed by atoms with Gasteiger partial charge in [0, 0.05) is 18.0 Å². The van der Waals surface area contributed by atoms with Crippen LogP contribution < -0.4 is 4.74 Å². The maximum absolute atomic E-state index is 12.9. The number of benzene rings is 1. The molecule has 1 fully saturated rings. The zero-order chi connectivity index (χ0) is 18.1. The lowest BCUT2D eigenvalue weighted by atomic mass is 10.0. The smallest absolute Gasteiger partial charge is 0.263 e. The van der Waals surface area contributed by atoms with Crippen LogP contribution in [0.3, 0.4) is 0 Å². The Morgan fingerprint density at radius 3 is 2.77 bits per heavy atom. The van der Waals surface area contributed by atoms with Crippen molar-refractivity contribution in [2.75, 3.05) is 18.8 Å². The van der Waals surface area contributed by atoms with E-state index in [-0.39, 0.29) is 18.2 Å². The van der Waals surface area contributed by atoms with Crippen LogP contribution in [0.2, 0.25) is 0 Å². The lowest BCUT2D eigenvalue weighted by Crippen LogP contribution is -2.44. The molecule has 5 nitrogen and oxygen atoms in total. The Kier molecular flexibility index (Phi) is 4.75. The number of carbonyl (C=O) groups excluding carboxylic acids is 1. The second kappa shape index (κ2) is 7.04. The van der Waals surface area contributed by atoms with Crippen LogP contribution in [-0.2, 0) is 21.1 Å². The van der Waals surface area contributed by atoms with Gasteiger partial charge < -0.3 is 9.64 Å². The molecular weight excluding hydrogens is 370 g/mol. The second-order valence-electron chi connectivity index (χ2n) is 6.74. The Bertz CT molecular complexity index is 892. The van der Waals surface area contributed by atoms with Gasteiger partial charge in [-0.15, -0.1) is 11.3 Å². The summed E-state index contributed by atoms with van der Waals surface area (Å²) in [4.78, 5) is 15.5. The summed E-state index contributed by atoms with van der Waals surface area (Å²) >= 11 is 1.46. The third-order valence-corrected chi connectivity index (χ3v) is 8.35. The fourth-order valence-electron chi connectivity index (χ4n) is 3.66. The minimum absolute atomic E-state index is 0.00458.